The van der Waals surface area contributed by atoms with E-state index in [4.69, 9.17) is 17.0 Å². The highest BCUT2D eigenvalue weighted by Gasteiger charge is 2.12. The monoisotopic (exact) mass is 422 g/mol. The van der Waals surface area contributed by atoms with Crippen LogP contribution in [0.3, 0.4) is 0 Å². The average Bonchev–Trinajstić information content (AvgIpc) is 3.13. The van der Waals surface area contributed by atoms with E-state index in [1.54, 1.807) is 24.4 Å². The van der Waals surface area contributed by atoms with Crippen molar-refractivity contribution in [1.82, 2.24) is 14.9 Å². The molecule has 0 aliphatic heterocycles. The highest BCUT2D eigenvalue weighted by Crippen LogP contribution is 2.20. The molecule has 0 aliphatic rings. The molecule has 0 spiro atoms. The molecule has 0 atom stereocenters. The first-order chi connectivity index (χ1) is 14.2. The Kier molecular flexibility index (Phi) is 6.84. The van der Waals surface area contributed by atoms with Crippen molar-refractivity contribution in [3.8, 4) is 17.1 Å². The van der Waals surface area contributed by atoms with Crippen LogP contribution >= 0.6 is 12.2 Å². The maximum atomic E-state index is 14.1. The number of ether oxygens (including phenoxy) is 1. The van der Waals surface area contributed by atoms with Gasteiger partial charge in [-0.3, -0.25) is 0 Å². The van der Waals surface area contributed by atoms with Crippen LogP contribution < -0.4 is 4.74 Å². The number of hydrogen-bond acceptors (Lipinski definition) is 4. The molecule has 0 unspecified atom stereocenters. The molecule has 0 saturated heterocycles. The zero-order valence-electron chi connectivity index (χ0n) is 15.8. The summed E-state index contributed by atoms with van der Waals surface area (Å²) in [5.74, 6) is 0.683. The highest BCUT2D eigenvalue weighted by atomic mass is 32.1. The Morgan fingerprint density at radius 1 is 1.00 bits per heavy atom. The van der Waals surface area contributed by atoms with Gasteiger partial charge in [0.15, 0.2) is 5.82 Å². The van der Waals surface area contributed by atoms with Gasteiger partial charge in [-0.1, -0.05) is 42.5 Å². The van der Waals surface area contributed by atoms with Crippen LogP contribution in [0.4, 0.5) is 4.39 Å². The fourth-order valence-corrected chi connectivity index (χ4v) is 2.91. The first kappa shape index (κ1) is 21.1. The van der Waals surface area contributed by atoms with E-state index in [-0.39, 0.29) is 10.2 Å². The van der Waals surface area contributed by atoms with E-state index in [0.717, 1.165) is 16.9 Å². The van der Waals surface area contributed by atoms with E-state index in [9.17, 15) is 4.39 Å². The predicted octanol–water partition coefficient (Wildman–Crippen LogP) is 4.38. The maximum absolute atomic E-state index is 14.1. The Morgan fingerprint density at radius 2 is 1.70 bits per heavy atom. The molecular weight excluding hydrogens is 403 g/mol. The van der Waals surface area contributed by atoms with Crippen molar-refractivity contribution in [3.05, 3.63) is 101 Å². The van der Waals surface area contributed by atoms with Crippen LogP contribution in [0.15, 0.2) is 84.0 Å². The number of aromatic nitrogens is 3. The van der Waals surface area contributed by atoms with E-state index in [0.29, 0.717) is 18.0 Å². The molecule has 0 aliphatic carbocycles. The van der Waals surface area contributed by atoms with Crippen molar-refractivity contribution < 1.29 is 14.6 Å². The van der Waals surface area contributed by atoms with Gasteiger partial charge in [0.25, 0.3) is 0 Å². The van der Waals surface area contributed by atoms with Gasteiger partial charge in [-0.05, 0) is 59.7 Å². The minimum atomic E-state index is -0.391. The van der Waals surface area contributed by atoms with E-state index in [2.05, 4.69) is 15.3 Å². The molecule has 3 N–H and O–H groups in total. The SMILES string of the molecule is Fc1ccccc1-c1n[nH]c(=S)n1/N=C/c1ccc(OCc2ccccc2)cc1.O. The van der Waals surface area contributed by atoms with Gasteiger partial charge >= 0.3 is 0 Å². The molecule has 0 amide bonds. The molecule has 3 aromatic carbocycles. The first-order valence-electron chi connectivity index (χ1n) is 8.94. The minimum absolute atomic E-state index is 0. The van der Waals surface area contributed by atoms with Gasteiger partial charge in [-0.2, -0.15) is 14.9 Å². The molecule has 0 radical (unpaired) electrons. The lowest BCUT2D eigenvalue weighted by Gasteiger charge is -2.06. The Bertz CT molecular complexity index is 1190. The van der Waals surface area contributed by atoms with Crippen LogP contribution in [0.5, 0.6) is 5.75 Å². The fourth-order valence-electron chi connectivity index (χ4n) is 2.73. The Balaban J connectivity index is 0.00000256. The van der Waals surface area contributed by atoms with Gasteiger partial charge in [-0.25, -0.2) is 9.49 Å². The predicted molar refractivity (Wildman–Crippen MR) is 117 cm³/mol. The number of aromatic amines is 1. The van der Waals surface area contributed by atoms with Crippen molar-refractivity contribution >= 4 is 18.4 Å². The molecule has 30 heavy (non-hydrogen) atoms. The molecular formula is C22H19FN4O2S. The van der Waals surface area contributed by atoms with Gasteiger partial charge in [0.1, 0.15) is 18.2 Å². The first-order valence-corrected chi connectivity index (χ1v) is 9.35. The van der Waals surface area contributed by atoms with Gasteiger partial charge < -0.3 is 10.2 Å². The number of nitrogens with zero attached hydrogens (tertiary/aromatic N) is 3. The van der Waals surface area contributed by atoms with Crippen LogP contribution in [-0.2, 0) is 6.61 Å². The van der Waals surface area contributed by atoms with Crippen LogP contribution in [0.2, 0.25) is 0 Å². The third-order valence-electron chi connectivity index (χ3n) is 4.22. The third-order valence-corrected chi connectivity index (χ3v) is 4.48. The normalized spacial score (nSPS) is 10.7. The number of benzene rings is 3. The zero-order valence-corrected chi connectivity index (χ0v) is 16.6. The van der Waals surface area contributed by atoms with Crippen molar-refractivity contribution in [2.75, 3.05) is 0 Å². The van der Waals surface area contributed by atoms with Crippen LogP contribution in [0.1, 0.15) is 11.1 Å². The summed E-state index contributed by atoms with van der Waals surface area (Å²) in [6, 6.07) is 23.8. The van der Waals surface area contributed by atoms with Crippen LogP contribution in [-0.4, -0.2) is 26.6 Å². The van der Waals surface area contributed by atoms with Gasteiger partial charge in [0, 0.05) is 0 Å². The molecule has 0 fully saturated rings. The summed E-state index contributed by atoms with van der Waals surface area (Å²) in [6.45, 7) is 0.504. The second kappa shape index (κ2) is 9.73. The van der Waals surface area contributed by atoms with E-state index < -0.39 is 5.82 Å². The summed E-state index contributed by atoms with van der Waals surface area (Å²) < 4.78 is 21.6. The molecule has 4 aromatic rings. The van der Waals surface area contributed by atoms with Crippen molar-refractivity contribution in [3.63, 3.8) is 0 Å². The lowest BCUT2D eigenvalue weighted by atomic mass is 10.2. The Labute approximate surface area is 177 Å². The maximum Gasteiger partial charge on any atom is 0.216 e. The Morgan fingerprint density at radius 3 is 2.43 bits per heavy atom. The average molecular weight is 422 g/mol. The minimum Gasteiger partial charge on any atom is -0.489 e. The zero-order chi connectivity index (χ0) is 20.1. The third kappa shape index (κ3) is 4.86. The highest BCUT2D eigenvalue weighted by molar-refractivity contribution is 7.71. The number of H-pyrrole nitrogens is 1. The van der Waals surface area contributed by atoms with Crippen molar-refractivity contribution in [1.29, 1.82) is 0 Å². The van der Waals surface area contributed by atoms with Crippen LogP contribution in [0, 0.1) is 10.6 Å². The van der Waals surface area contributed by atoms with E-state index in [1.807, 2.05) is 54.6 Å². The summed E-state index contributed by atoms with van der Waals surface area (Å²) in [4.78, 5) is 0. The molecule has 1 aromatic heterocycles. The summed E-state index contributed by atoms with van der Waals surface area (Å²) in [5, 5.41) is 11.1. The van der Waals surface area contributed by atoms with Crippen molar-refractivity contribution in [2.24, 2.45) is 5.10 Å². The largest absolute Gasteiger partial charge is 0.489 e. The van der Waals surface area contributed by atoms with E-state index in [1.165, 1.54) is 10.7 Å². The van der Waals surface area contributed by atoms with Gasteiger partial charge in [0.05, 0.1) is 11.8 Å². The molecule has 6 nitrogen and oxygen atoms in total. The van der Waals surface area contributed by atoms with Gasteiger partial charge in [-0.15, -0.1) is 0 Å². The summed E-state index contributed by atoms with van der Waals surface area (Å²) >= 11 is 5.22. The topological polar surface area (TPSA) is 86.7 Å². The Hall–Kier alpha value is -3.62. The van der Waals surface area contributed by atoms with Gasteiger partial charge in [0.2, 0.25) is 4.77 Å². The second-order valence-corrected chi connectivity index (χ2v) is 6.62. The lowest BCUT2D eigenvalue weighted by molar-refractivity contribution is 0.306. The standard InChI is InChI=1S/C22H17FN4OS.H2O/c23-20-9-5-4-8-19(20)21-25-26-22(29)27(21)24-14-16-10-12-18(13-11-16)28-15-17-6-2-1-3-7-17;/h1-14H,15H2,(H,26,29);1H2/b24-14+;. The summed E-state index contributed by atoms with van der Waals surface area (Å²) in [7, 11) is 0. The molecule has 8 heteroatoms. The smallest absolute Gasteiger partial charge is 0.216 e. The van der Waals surface area contributed by atoms with E-state index >= 15 is 0 Å². The number of rotatable bonds is 6. The summed E-state index contributed by atoms with van der Waals surface area (Å²) in [6.07, 6.45) is 1.64. The quantitative estimate of drug-likeness (QED) is 0.369. The molecule has 4 rings (SSSR count). The lowest BCUT2D eigenvalue weighted by Crippen LogP contribution is -1.97. The number of nitrogens with one attached hydrogen (secondary N) is 1. The number of hydrogen-bond donors (Lipinski definition) is 1. The molecule has 0 saturated carbocycles. The van der Waals surface area contributed by atoms with Crippen LogP contribution in [0.25, 0.3) is 11.4 Å². The second-order valence-electron chi connectivity index (χ2n) is 6.23. The summed E-state index contributed by atoms with van der Waals surface area (Å²) in [5.41, 5.74) is 2.27. The molecule has 1 heterocycles. The van der Waals surface area contributed by atoms with Crippen molar-refractivity contribution in [2.45, 2.75) is 6.61 Å². The molecule has 0 bridgehead atoms. The fraction of sp³-hybridized carbons (Fsp3) is 0.0455. The number of halogens is 1. The molecule has 152 valence electrons.